The first-order chi connectivity index (χ1) is 28.5. The van der Waals surface area contributed by atoms with E-state index in [1.54, 1.807) is 0 Å². The quantitative estimate of drug-likeness (QED) is 0.170. The Labute approximate surface area is 337 Å². The summed E-state index contributed by atoms with van der Waals surface area (Å²) < 4.78 is 2.23. The molecule has 0 radical (unpaired) electrons. The third-order valence-electron chi connectivity index (χ3n) is 11.9. The highest BCUT2D eigenvalue weighted by Crippen LogP contribution is 2.49. The van der Waals surface area contributed by atoms with Gasteiger partial charge in [-0.1, -0.05) is 196 Å². The molecule has 4 nitrogen and oxygen atoms in total. The van der Waals surface area contributed by atoms with Gasteiger partial charge in [-0.3, -0.25) is 4.57 Å². The SMILES string of the molecule is CC1(C)c2ccccc2-c2ccc(-c3ccc(-c4cccc5c6ccccc6n(-c6nc(-c7ccccc7)nc(-c7ccc(-c8ccccc8)cc7)n6)c45)cc3)cc21. The molecule has 2 heterocycles. The standard InChI is InChI=1S/C54H38N4/c1-54(2)47-22-11-9-18-43(47)44-33-32-41(34-48(44)54)37-24-28-38(29-25-37)42-20-13-21-46-45-19-10-12-23-49(45)58(50(42)46)53-56-51(39-16-7-4-8-17-39)55-52(57-53)40-30-26-36(27-31-40)35-14-5-3-6-15-35/h3-34H,1-2H3. The van der Waals surface area contributed by atoms with Crippen LogP contribution in [0.5, 0.6) is 0 Å². The molecule has 0 unspecified atom stereocenters. The van der Waals surface area contributed by atoms with Gasteiger partial charge in [-0.05, 0) is 62.2 Å². The van der Waals surface area contributed by atoms with Crippen molar-refractivity contribution >= 4 is 21.8 Å². The van der Waals surface area contributed by atoms with E-state index in [2.05, 4.69) is 188 Å². The molecule has 0 aliphatic heterocycles. The largest absolute Gasteiger partial charge is 0.277 e. The Morgan fingerprint density at radius 3 is 1.60 bits per heavy atom. The maximum Gasteiger partial charge on any atom is 0.238 e. The van der Waals surface area contributed by atoms with E-state index < -0.39 is 0 Å². The molecule has 0 amide bonds. The van der Waals surface area contributed by atoms with E-state index in [1.807, 2.05) is 24.3 Å². The number of nitrogens with zero attached hydrogens (tertiary/aromatic N) is 4. The smallest absolute Gasteiger partial charge is 0.238 e. The summed E-state index contributed by atoms with van der Waals surface area (Å²) in [4.78, 5) is 15.6. The molecule has 0 spiro atoms. The molecule has 274 valence electrons. The minimum absolute atomic E-state index is 0.0498. The second kappa shape index (κ2) is 13.4. The summed E-state index contributed by atoms with van der Waals surface area (Å²) in [6.07, 6.45) is 0. The van der Waals surface area contributed by atoms with Gasteiger partial charge in [0, 0.05) is 32.9 Å². The zero-order valence-electron chi connectivity index (χ0n) is 32.3. The van der Waals surface area contributed by atoms with E-state index in [0.717, 1.165) is 49.6 Å². The van der Waals surface area contributed by atoms with Crippen molar-refractivity contribution in [3.63, 3.8) is 0 Å². The van der Waals surface area contributed by atoms with Crippen molar-refractivity contribution in [1.29, 1.82) is 0 Å². The number of hydrogen-bond donors (Lipinski definition) is 0. The van der Waals surface area contributed by atoms with Crippen molar-refractivity contribution in [2.45, 2.75) is 19.3 Å². The second-order valence-electron chi connectivity index (χ2n) is 15.7. The van der Waals surface area contributed by atoms with E-state index in [9.17, 15) is 0 Å². The predicted molar refractivity (Wildman–Crippen MR) is 239 cm³/mol. The molecule has 4 heteroatoms. The van der Waals surface area contributed by atoms with Gasteiger partial charge in [-0.2, -0.15) is 9.97 Å². The number of rotatable bonds is 6. The minimum Gasteiger partial charge on any atom is -0.277 e. The fourth-order valence-corrected chi connectivity index (χ4v) is 8.94. The summed E-state index contributed by atoms with van der Waals surface area (Å²) in [6.45, 7) is 4.67. The Kier molecular flexibility index (Phi) is 7.80. The molecule has 58 heavy (non-hydrogen) atoms. The van der Waals surface area contributed by atoms with Crippen LogP contribution in [0.3, 0.4) is 0 Å². The number of para-hydroxylation sites is 2. The lowest BCUT2D eigenvalue weighted by molar-refractivity contribution is 0.660. The van der Waals surface area contributed by atoms with Crippen LogP contribution in [0.1, 0.15) is 25.0 Å². The molecule has 1 aliphatic rings. The van der Waals surface area contributed by atoms with Gasteiger partial charge >= 0.3 is 0 Å². The third kappa shape index (κ3) is 5.48. The Morgan fingerprint density at radius 1 is 0.362 bits per heavy atom. The van der Waals surface area contributed by atoms with Crippen molar-refractivity contribution in [1.82, 2.24) is 19.5 Å². The lowest BCUT2D eigenvalue weighted by Gasteiger charge is -2.22. The van der Waals surface area contributed by atoms with Gasteiger partial charge in [0.05, 0.1) is 11.0 Å². The first kappa shape index (κ1) is 33.9. The normalized spacial score (nSPS) is 12.8. The monoisotopic (exact) mass is 742 g/mol. The summed E-state index contributed by atoms with van der Waals surface area (Å²) in [5.41, 5.74) is 16.3. The van der Waals surface area contributed by atoms with Crippen LogP contribution >= 0.6 is 0 Å². The molecule has 0 N–H and O–H groups in total. The average Bonchev–Trinajstić information content (AvgIpc) is 3.75. The van der Waals surface area contributed by atoms with E-state index >= 15 is 0 Å². The lowest BCUT2D eigenvalue weighted by Crippen LogP contribution is -2.14. The number of aromatic nitrogens is 4. The topological polar surface area (TPSA) is 43.6 Å². The molecule has 1 aliphatic carbocycles. The van der Waals surface area contributed by atoms with Crippen LogP contribution in [0, 0.1) is 0 Å². The fourth-order valence-electron chi connectivity index (χ4n) is 8.94. The van der Waals surface area contributed by atoms with Gasteiger partial charge in [0.1, 0.15) is 0 Å². The summed E-state index contributed by atoms with van der Waals surface area (Å²) in [7, 11) is 0. The number of fused-ring (bicyclic) bond motifs is 6. The first-order valence-corrected chi connectivity index (χ1v) is 19.9. The molecule has 0 fully saturated rings. The van der Waals surface area contributed by atoms with Gasteiger partial charge in [-0.25, -0.2) is 4.98 Å². The fraction of sp³-hybridized carbons (Fsp3) is 0.0556. The van der Waals surface area contributed by atoms with Gasteiger partial charge in [0.15, 0.2) is 11.6 Å². The van der Waals surface area contributed by atoms with Crippen LogP contribution in [0.25, 0.3) is 95.0 Å². The molecule has 10 aromatic rings. The Morgan fingerprint density at radius 2 is 0.862 bits per heavy atom. The highest BCUT2D eigenvalue weighted by atomic mass is 15.2. The predicted octanol–water partition coefficient (Wildman–Crippen LogP) is 13.6. The summed E-state index contributed by atoms with van der Waals surface area (Å²) in [5, 5.41) is 2.29. The van der Waals surface area contributed by atoms with Crippen LogP contribution in [0.4, 0.5) is 0 Å². The summed E-state index contributed by atoms with van der Waals surface area (Å²) in [6, 6.07) is 69.0. The number of benzene rings is 8. The van der Waals surface area contributed by atoms with Gasteiger partial charge in [0.25, 0.3) is 0 Å². The minimum atomic E-state index is -0.0498. The van der Waals surface area contributed by atoms with Crippen LogP contribution in [0.2, 0.25) is 0 Å². The van der Waals surface area contributed by atoms with Crippen LogP contribution in [-0.4, -0.2) is 19.5 Å². The molecule has 0 saturated heterocycles. The van der Waals surface area contributed by atoms with Gasteiger partial charge < -0.3 is 0 Å². The molecule has 8 aromatic carbocycles. The van der Waals surface area contributed by atoms with E-state index in [0.29, 0.717) is 17.6 Å². The maximum absolute atomic E-state index is 5.26. The summed E-state index contributed by atoms with van der Waals surface area (Å²) in [5.74, 6) is 1.82. The Balaban J connectivity index is 1.05. The molecule has 0 bridgehead atoms. The van der Waals surface area contributed by atoms with Crippen molar-refractivity contribution < 1.29 is 0 Å². The van der Waals surface area contributed by atoms with Crippen LogP contribution in [-0.2, 0) is 5.41 Å². The van der Waals surface area contributed by atoms with Crippen molar-refractivity contribution in [3.05, 3.63) is 205 Å². The van der Waals surface area contributed by atoms with E-state index in [-0.39, 0.29) is 5.41 Å². The molecule has 0 atom stereocenters. The Hall–Kier alpha value is -7.43. The molecule has 11 rings (SSSR count). The van der Waals surface area contributed by atoms with E-state index in [4.69, 9.17) is 15.0 Å². The van der Waals surface area contributed by atoms with Crippen LogP contribution < -0.4 is 0 Å². The van der Waals surface area contributed by atoms with Gasteiger partial charge in [-0.15, -0.1) is 0 Å². The molecule has 2 aromatic heterocycles. The zero-order valence-corrected chi connectivity index (χ0v) is 32.3. The van der Waals surface area contributed by atoms with Gasteiger partial charge in [0.2, 0.25) is 5.95 Å². The summed E-state index contributed by atoms with van der Waals surface area (Å²) >= 11 is 0. The highest BCUT2D eigenvalue weighted by Gasteiger charge is 2.35. The maximum atomic E-state index is 5.26. The first-order valence-electron chi connectivity index (χ1n) is 19.9. The Bertz CT molecular complexity index is 3160. The van der Waals surface area contributed by atoms with Crippen molar-refractivity contribution in [2.75, 3.05) is 0 Å². The van der Waals surface area contributed by atoms with Crippen LogP contribution in [0.15, 0.2) is 194 Å². The molecular weight excluding hydrogens is 705 g/mol. The average molecular weight is 743 g/mol. The van der Waals surface area contributed by atoms with Crippen molar-refractivity contribution in [2.24, 2.45) is 0 Å². The second-order valence-corrected chi connectivity index (χ2v) is 15.7. The highest BCUT2D eigenvalue weighted by molar-refractivity contribution is 6.13. The van der Waals surface area contributed by atoms with E-state index in [1.165, 1.54) is 38.9 Å². The molecule has 0 saturated carbocycles. The third-order valence-corrected chi connectivity index (χ3v) is 11.9. The molecular formula is C54H38N4. The number of hydrogen-bond acceptors (Lipinski definition) is 3. The zero-order chi connectivity index (χ0) is 38.8. The lowest BCUT2D eigenvalue weighted by atomic mass is 9.81. The van der Waals surface area contributed by atoms with Crippen molar-refractivity contribution in [3.8, 4) is 73.2 Å².